The van der Waals surface area contributed by atoms with Crippen LogP contribution in [0, 0.1) is 23.2 Å². The maximum atomic E-state index is 12.9. The summed E-state index contributed by atoms with van der Waals surface area (Å²) in [6, 6.07) is 6.32. The van der Waals surface area contributed by atoms with Gasteiger partial charge in [0.05, 0.1) is 23.9 Å². The number of rotatable bonds is 3. The van der Waals surface area contributed by atoms with Crippen LogP contribution in [-0.2, 0) is 18.3 Å². The van der Waals surface area contributed by atoms with Gasteiger partial charge in [0.2, 0.25) is 5.91 Å². The first-order chi connectivity index (χ1) is 13.5. The molecule has 1 unspecified atom stereocenters. The van der Waals surface area contributed by atoms with E-state index in [0.29, 0.717) is 29.7 Å². The van der Waals surface area contributed by atoms with E-state index < -0.39 is 0 Å². The second-order valence-corrected chi connectivity index (χ2v) is 8.11. The number of hydrogen-bond acceptors (Lipinski definition) is 4. The Morgan fingerprint density at radius 2 is 2.25 bits per heavy atom. The molecule has 1 saturated heterocycles. The van der Waals surface area contributed by atoms with Crippen LogP contribution in [0.15, 0.2) is 36.8 Å². The predicted octanol–water partition coefficient (Wildman–Crippen LogP) is 2.94. The van der Waals surface area contributed by atoms with Gasteiger partial charge in [0, 0.05) is 32.5 Å². The van der Waals surface area contributed by atoms with Crippen molar-refractivity contribution in [3.05, 3.63) is 53.6 Å². The van der Waals surface area contributed by atoms with Crippen LogP contribution in [0.2, 0.25) is 0 Å². The smallest absolute Gasteiger partial charge is 0.227 e. The number of amides is 1. The van der Waals surface area contributed by atoms with Crippen LogP contribution in [0.1, 0.15) is 42.5 Å². The molecule has 28 heavy (non-hydrogen) atoms. The highest BCUT2D eigenvalue weighted by molar-refractivity contribution is 5.79. The van der Waals surface area contributed by atoms with Gasteiger partial charge in [-0.05, 0) is 47.8 Å². The van der Waals surface area contributed by atoms with Crippen molar-refractivity contribution >= 4 is 11.5 Å². The van der Waals surface area contributed by atoms with Crippen LogP contribution in [0.5, 0.6) is 0 Å². The molecule has 6 nitrogen and oxygen atoms in total. The van der Waals surface area contributed by atoms with Crippen LogP contribution in [0.3, 0.4) is 0 Å². The van der Waals surface area contributed by atoms with E-state index in [1.807, 2.05) is 30.3 Å². The number of carbonyl (C=O) groups excluding carboxylic acids is 1. The van der Waals surface area contributed by atoms with Crippen molar-refractivity contribution in [1.82, 2.24) is 19.7 Å². The van der Waals surface area contributed by atoms with Gasteiger partial charge < -0.3 is 4.90 Å². The molecule has 2 aromatic heterocycles. The number of aromatic nitrogens is 3. The van der Waals surface area contributed by atoms with Crippen LogP contribution in [-0.4, -0.2) is 38.7 Å². The van der Waals surface area contributed by atoms with Gasteiger partial charge in [0.25, 0.3) is 0 Å². The van der Waals surface area contributed by atoms with Gasteiger partial charge in [-0.2, -0.15) is 10.4 Å². The zero-order valence-corrected chi connectivity index (χ0v) is 16.4. The van der Waals surface area contributed by atoms with Gasteiger partial charge in [-0.3, -0.25) is 14.5 Å². The second-order valence-electron chi connectivity index (χ2n) is 8.11. The zero-order chi connectivity index (χ0) is 19.7. The fourth-order valence-corrected chi connectivity index (χ4v) is 4.70. The monoisotopic (exact) mass is 375 g/mol. The van der Waals surface area contributed by atoms with Crippen LogP contribution in [0.25, 0.3) is 5.57 Å². The number of aryl methyl sites for hydroxylation is 1. The molecule has 0 spiro atoms. The molecular formula is C22H25N5O. The molecule has 1 fully saturated rings. The summed E-state index contributed by atoms with van der Waals surface area (Å²) in [5.41, 5.74) is 3.59. The minimum atomic E-state index is 0.167. The molecule has 0 radical (unpaired) electrons. The van der Waals surface area contributed by atoms with Crippen molar-refractivity contribution in [1.29, 1.82) is 5.26 Å². The third-order valence-corrected chi connectivity index (χ3v) is 5.92. The maximum absolute atomic E-state index is 12.9. The number of pyridine rings is 1. The largest absolute Gasteiger partial charge is 0.342 e. The molecule has 1 amide bonds. The molecule has 1 aliphatic heterocycles. The van der Waals surface area contributed by atoms with Gasteiger partial charge in [-0.15, -0.1) is 0 Å². The minimum Gasteiger partial charge on any atom is -0.342 e. The lowest BCUT2D eigenvalue weighted by Crippen LogP contribution is -2.45. The average molecular weight is 375 g/mol. The van der Waals surface area contributed by atoms with E-state index in [0.717, 1.165) is 42.8 Å². The van der Waals surface area contributed by atoms with Gasteiger partial charge >= 0.3 is 0 Å². The van der Waals surface area contributed by atoms with Gasteiger partial charge in [-0.25, -0.2) is 0 Å². The molecule has 6 heteroatoms. The van der Waals surface area contributed by atoms with E-state index in [1.165, 1.54) is 0 Å². The van der Waals surface area contributed by atoms with Gasteiger partial charge in [0.15, 0.2) is 0 Å². The lowest BCUT2D eigenvalue weighted by Gasteiger charge is -2.41. The van der Waals surface area contributed by atoms with Crippen LogP contribution < -0.4 is 0 Å². The van der Waals surface area contributed by atoms with Crippen LogP contribution in [0.4, 0.5) is 0 Å². The summed E-state index contributed by atoms with van der Waals surface area (Å²) in [5, 5.41) is 13.6. The van der Waals surface area contributed by atoms with Crippen molar-refractivity contribution in [3.63, 3.8) is 0 Å². The lowest BCUT2D eigenvalue weighted by atomic mass is 9.73. The number of nitrogens with zero attached hydrogens (tertiary/aromatic N) is 5. The van der Waals surface area contributed by atoms with E-state index in [9.17, 15) is 10.1 Å². The number of allylic oxidation sites excluding steroid dienone is 2. The Morgan fingerprint density at radius 1 is 1.39 bits per heavy atom. The van der Waals surface area contributed by atoms with Crippen molar-refractivity contribution < 1.29 is 4.79 Å². The van der Waals surface area contributed by atoms with E-state index in [1.54, 1.807) is 17.1 Å². The number of hydrogen-bond donors (Lipinski definition) is 0. The molecule has 2 aliphatic rings. The number of nitriles is 1. The van der Waals surface area contributed by atoms with Crippen molar-refractivity contribution in [2.24, 2.45) is 18.9 Å². The average Bonchev–Trinajstić information content (AvgIpc) is 3.11. The summed E-state index contributed by atoms with van der Waals surface area (Å²) in [6.45, 7) is 3.79. The highest BCUT2D eigenvalue weighted by atomic mass is 16.2. The van der Waals surface area contributed by atoms with Gasteiger partial charge in [0.1, 0.15) is 6.07 Å². The highest BCUT2D eigenvalue weighted by Gasteiger charge is 2.35. The molecule has 0 aromatic carbocycles. The highest BCUT2D eigenvalue weighted by Crippen LogP contribution is 2.41. The minimum absolute atomic E-state index is 0.167. The number of piperidine rings is 1. The first kappa shape index (κ1) is 18.4. The van der Waals surface area contributed by atoms with Gasteiger partial charge in [-0.1, -0.05) is 19.1 Å². The molecule has 3 atom stereocenters. The summed E-state index contributed by atoms with van der Waals surface area (Å²) >= 11 is 0. The Bertz CT molecular complexity index is 954. The molecule has 4 rings (SSSR count). The Kier molecular flexibility index (Phi) is 4.99. The normalized spacial score (nSPS) is 24.2. The van der Waals surface area contributed by atoms with Crippen molar-refractivity contribution in [3.8, 4) is 6.07 Å². The number of carbonyl (C=O) groups is 1. The molecule has 3 heterocycles. The number of likely N-dealkylation sites (tertiary alicyclic amines) is 1. The first-order valence-corrected chi connectivity index (χ1v) is 9.86. The zero-order valence-electron chi connectivity index (χ0n) is 16.4. The third-order valence-electron chi connectivity index (χ3n) is 5.92. The second kappa shape index (κ2) is 7.59. The molecule has 0 bridgehead atoms. The standard InChI is InChI=1S/C22H25N5O/c1-15-8-18(14-27(12-15)21(28)9-16-11-25-26(2)13-16)19-6-5-17(10-23)22-20(19)4-3-7-24-22/h3-5,7,11,13,15,18-19H,6,8-9,12,14H2,1-2H3/t15-,18+,19?/m1/s1. The lowest BCUT2D eigenvalue weighted by molar-refractivity contribution is -0.133. The van der Waals surface area contributed by atoms with E-state index in [-0.39, 0.29) is 5.91 Å². The third kappa shape index (κ3) is 3.57. The molecule has 144 valence electrons. The summed E-state index contributed by atoms with van der Waals surface area (Å²) < 4.78 is 1.73. The molecule has 1 aliphatic carbocycles. The SMILES string of the molecule is C[C@@H]1C[C@H](C2CC=C(C#N)c3ncccc32)CN(C(=O)Cc2cnn(C)c2)C1. The van der Waals surface area contributed by atoms with E-state index >= 15 is 0 Å². The molecule has 0 saturated carbocycles. The Labute approximate surface area is 165 Å². The molecular weight excluding hydrogens is 350 g/mol. The topological polar surface area (TPSA) is 74.8 Å². The number of fused-ring (bicyclic) bond motifs is 1. The van der Waals surface area contributed by atoms with E-state index in [2.05, 4.69) is 29.1 Å². The fraction of sp³-hybridized carbons (Fsp3) is 0.455. The molecule has 0 N–H and O–H groups in total. The Morgan fingerprint density at radius 3 is 3.00 bits per heavy atom. The predicted molar refractivity (Wildman–Crippen MR) is 106 cm³/mol. The van der Waals surface area contributed by atoms with Crippen LogP contribution >= 0.6 is 0 Å². The first-order valence-electron chi connectivity index (χ1n) is 9.86. The summed E-state index contributed by atoms with van der Waals surface area (Å²) in [6.07, 6.45) is 9.75. The summed E-state index contributed by atoms with van der Waals surface area (Å²) in [5.74, 6) is 1.30. The van der Waals surface area contributed by atoms with Crippen molar-refractivity contribution in [2.45, 2.75) is 32.1 Å². The fourth-order valence-electron chi connectivity index (χ4n) is 4.70. The Balaban J connectivity index is 1.53. The maximum Gasteiger partial charge on any atom is 0.227 e. The van der Waals surface area contributed by atoms with E-state index in [4.69, 9.17) is 0 Å². The summed E-state index contributed by atoms with van der Waals surface area (Å²) in [4.78, 5) is 19.4. The summed E-state index contributed by atoms with van der Waals surface area (Å²) in [7, 11) is 1.87. The molecule has 2 aromatic rings. The van der Waals surface area contributed by atoms with Crippen molar-refractivity contribution in [2.75, 3.05) is 13.1 Å². The Hall–Kier alpha value is -2.94. The quantitative estimate of drug-likeness (QED) is 0.827.